The topological polar surface area (TPSA) is 35.5 Å². The summed E-state index contributed by atoms with van der Waals surface area (Å²) in [6.45, 7) is 19.4. The van der Waals surface area contributed by atoms with Crippen LogP contribution in [-0.4, -0.2) is 18.4 Å². The minimum absolute atomic E-state index is 0.0544. The van der Waals surface area contributed by atoms with E-state index in [2.05, 4.69) is 62.3 Å². The van der Waals surface area contributed by atoms with Gasteiger partial charge in [0.25, 0.3) is 0 Å². The smallest absolute Gasteiger partial charge is 0.314 e. The monoisotopic (exact) mass is 368 g/mol. The van der Waals surface area contributed by atoms with Crippen molar-refractivity contribution in [1.82, 2.24) is 0 Å². The highest BCUT2D eigenvalue weighted by Gasteiger charge is 2.48. The van der Waals surface area contributed by atoms with Gasteiger partial charge in [-0.2, -0.15) is 0 Å². The minimum atomic E-state index is -0.545. The lowest BCUT2D eigenvalue weighted by Gasteiger charge is -2.44. The predicted octanol–water partition coefficient (Wildman–Crippen LogP) is 6.74. The van der Waals surface area contributed by atoms with Crippen LogP contribution in [0.5, 0.6) is 0 Å². The van der Waals surface area contributed by atoms with E-state index in [0.29, 0.717) is 5.92 Å². The Morgan fingerprint density at radius 2 is 1.50 bits per heavy atom. The van der Waals surface area contributed by atoms with Crippen LogP contribution < -0.4 is 0 Å². The fraction of sp³-hybridized carbons (Fsp3) is 0.957. The first kappa shape index (κ1) is 23.5. The lowest BCUT2D eigenvalue weighted by molar-refractivity contribution is -0.212. The third-order valence-corrected chi connectivity index (χ3v) is 5.79. The molecule has 0 saturated heterocycles. The zero-order chi connectivity index (χ0) is 20.2. The molecule has 154 valence electrons. The Labute approximate surface area is 162 Å². The summed E-state index contributed by atoms with van der Waals surface area (Å²) in [6.07, 6.45) is 7.28. The molecule has 0 amide bonds. The van der Waals surface area contributed by atoms with E-state index < -0.39 is 11.7 Å². The van der Waals surface area contributed by atoms with E-state index in [0.717, 1.165) is 25.7 Å². The summed E-state index contributed by atoms with van der Waals surface area (Å²) in [4.78, 5) is 13.3. The van der Waals surface area contributed by atoms with Crippen LogP contribution >= 0.6 is 0 Å². The highest BCUT2D eigenvalue weighted by molar-refractivity contribution is 5.77. The van der Waals surface area contributed by atoms with Crippen molar-refractivity contribution in [2.45, 2.75) is 120 Å². The molecule has 1 rings (SSSR count). The second-order valence-electron chi connectivity index (χ2n) is 11.2. The van der Waals surface area contributed by atoms with E-state index in [-0.39, 0.29) is 22.9 Å². The van der Waals surface area contributed by atoms with E-state index in [1.54, 1.807) is 0 Å². The first-order valence-electron chi connectivity index (χ1n) is 10.6. The Morgan fingerprint density at radius 3 is 1.92 bits per heavy atom. The van der Waals surface area contributed by atoms with Gasteiger partial charge in [-0.25, -0.2) is 0 Å². The highest BCUT2D eigenvalue weighted by Crippen LogP contribution is 2.47. The number of ether oxygens (including phenoxy) is 2. The summed E-state index contributed by atoms with van der Waals surface area (Å²) in [5.74, 6) is 0.321. The third kappa shape index (κ3) is 7.21. The Balaban J connectivity index is 2.92. The third-order valence-electron chi connectivity index (χ3n) is 5.79. The molecule has 2 unspecified atom stereocenters. The molecule has 1 fully saturated rings. The molecule has 0 aromatic rings. The summed E-state index contributed by atoms with van der Waals surface area (Å²) in [5.41, 5.74) is -0.667. The maximum atomic E-state index is 13.3. The maximum absolute atomic E-state index is 13.3. The zero-order valence-electron chi connectivity index (χ0n) is 18.9. The number of carbonyl (C=O) groups is 1. The van der Waals surface area contributed by atoms with E-state index >= 15 is 0 Å². The van der Waals surface area contributed by atoms with Gasteiger partial charge in [0.05, 0.1) is 11.5 Å². The van der Waals surface area contributed by atoms with Gasteiger partial charge in [-0.1, -0.05) is 74.7 Å². The molecule has 1 aliphatic rings. The van der Waals surface area contributed by atoms with Crippen LogP contribution in [0.2, 0.25) is 0 Å². The fourth-order valence-corrected chi connectivity index (χ4v) is 3.89. The second kappa shape index (κ2) is 9.08. The molecule has 1 aliphatic carbocycles. The minimum Gasteiger partial charge on any atom is -0.435 e. The van der Waals surface area contributed by atoms with E-state index in [9.17, 15) is 4.79 Å². The molecule has 26 heavy (non-hydrogen) atoms. The molecule has 0 aromatic heterocycles. The molecule has 3 nitrogen and oxygen atoms in total. The first-order chi connectivity index (χ1) is 11.7. The van der Waals surface area contributed by atoms with Gasteiger partial charge in [0.15, 0.2) is 0 Å². The number of hydrogen-bond acceptors (Lipinski definition) is 3. The fourth-order valence-electron chi connectivity index (χ4n) is 3.89. The van der Waals surface area contributed by atoms with Crippen molar-refractivity contribution in [2.24, 2.45) is 22.2 Å². The van der Waals surface area contributed by atoms with Crippen LogP contribution in [0.15, 0.2) is 0 Å². The van der Waals surface area contributed by atoms with Gasteiger partial charge in [0, 0.05) is 6.42 Å². The standard InChI is InChI=1S/C23H44O3/c1-17(2)15-19(25-18-13-11-10-12-14-18)26-20(24)23(9,22(6,7)8)16-21(3,4)5/h17-19H,10-16H2,1-9H3. The predicted molar refractivity (Wildman–Crippen MR) is 109 cm³/mol. The van der Waals surface area contributed by atoms with Gasteiger partial charge < -0.3 is 9.47 Å². The molecule has 3 heteroatoms. The second-order valence-corrected chi connectivity index (χ2v) is 11.2. The molecule has 0 aromatic carbocycles. The summed E-state index contributed by atoms with van der Waals surface area (Å²) < 4.78 is 12.3. The van der Waals surface area contributed by atoms with Crippen molar-refractivity contribution in [2.75, 3.05) is 0 Å². The number of carbonyl (C=O) groups excluding carboxylic acids is 1. The first-order valence-corrected chi connectivity index (χ1v) is 10.6. The summed E-state index contributed by atoms with van der Waals surface area (Å²) in [5, 5.41) is 0. The van der Waals surface area contributed by atoms with E-state index in [1.807, 2.05) is 0 Å². The van der Waals surface area contributed by atoms with Crippen LogP contribution in [0.1, 0.15) is 107 Å². The maximum Gasteiger partial charge on any atom is 0.314 e. The molecule has 0 heterocycles. The molecule has 0 aliphatic heterocycles. The highest BCUT2D eigenvalue weighted by atomic mass is 16.7. The average Bonchev–Trinajstić information content (AvgIpc) is 2.44. The van der Waals surface area contributed by atoms with Crippen LogP contribution in [0, 0.1) is 22.2 Å². The quantitative estimate of drug-likeness (QED) is 0.369. The Morgan fingerprint density at radius 1 is 0.962 bits per heavy atom. The van der Waals surface area contributed by atoms with Crippen LogP contribution in [-0.2, 0) is 14.3 Å². The van der Waals surface area contributed by atoms with Gasteiger partial charge in [0.2, 0.25) is 6.29 Å². The van der Waals surface area contributed by atoms with Gasteiger partial charge in [-0.3, -0.25) is 4.79 Å². The lowest BCUT2D eigenvalue weighted by Crippen LogP contribution is -2.46. The van der Waals surface area contributed by atoms with Gasteiger partial charge in [0.1, 0.15) is 0 Å². The molecule has 1 saturated carbocycles. The average molecular weight is 369 g/mol. The summed E-state index contributed by atoms with van der Waals surface area (Å²) in [6, 6.07) is 0. The van der Waals surface area contributed by atoms with E-state index in [1.165, 1.54) is 19.3 Å². The molecular formula is C23H44O3. The Bertz CT molecular complexity index is 435. The molecule has 2 atom stereocenters. The van der Waals surface area contributed by atoms with Crippen molar-refractivity contribution in [1.29, 1.82) is 0 Å². The Hall–Kier alpha value is -0.570. The molecule has 0 spiro atoms. The van der Waals surface area contributed by atoms with Crippen molar-refractivity contribution < 1.29 is 14.3 Å². The van der Waals surface area contributed by atoms with Crippen molar-refractivity contribution in [3.63, 3.8) is 0 Å². The van der Waals surface area contributed by atoms with Crippen LogP contribution in [0.4, 0.5) is 0 Å². The number of rotatable bonds is 7. The van der Waals surface area contributed by atoms with Crippen LogP contribution in [0.25, 0.3) is 0 Å². The molecule has 0 bridgehead atoms. The molecule has 0 N–H and O–H groups in total. The van der Waals surface area contributed by atoms with Crippen molar-refractivity contribution >= 4 is 5.97 Å². The summed E-state index contributed by atoms with van der Waals surface area (Å²) >= 11 is 0. The van der Waals surface area contributed by atoms with Crippen molar-refractivity contribution in [3.8, 4) is 0 Å². The normalized spacial score (nSPS) is 20.7. The number of esters is 1. The van der Waals surface area contributed by atoms with Gasteiger partial charge in [-0.05, 0) is 42.9 Å². The molecule has 0 radical (unpaired) electrons. The molecular weight excluding hydrogens is 324 g/mol. The van der Waals surface area contributed by atoms with Crippen molar-refractivity contribution in [3.05, 3.63) is 0 Å². The van der Waals surface area contributed by atoms with E-state index in [4.69, 9.17) is 9.47 Å². The zero-order valence-corrected chi connectivity index (χ0v) is 18.9. The summed E-state index contributed by atoms with van der Waals surface area (Å²) in [7, 11) is 0. The number of hydrogen-bond donors (Lipinski definition) is 0. The Kier molecular flexibility index (Phi) is 8.20. The lowest BCUT2D eigenvalue weighted by atomic mass is 9.61. The van der Waals surface area contributed by atoms with Gasteiger partial charge in [-0.15, -0.1) is 0 Å². The van der Waals surface area contributed by atoms with Gasteiger partial charge >= 0.3 is 5.97 Å². The largest absolute Gasteiger partial charge is 0.435 e. The van der Waals surface area contributed by atoms with Crippen LogP contribution in [0.3, 0.4) is 0 Å². The SMILES string of the molecule is CC(C)CC(OC(=O)C(C)(CC(C)(C)C)C(C)(C)C)OC1CCCCC1.